The van der Waals surface area contributed by atoms with Gasteiger partial charge in [-0.2, -0.15) is 23.1 Å². The molecule has 34 heavy (non-hydrogen) atoms. The first-order chi connectivity index (χ1) is 16.2. The van der Waals surface area contributed by atoms with Crippen molar-refractivity contribution < 1.29 is 23.1 Å². The fraction of sp³-hybridized carbons (Fsp3) is 0.190. The summed E-state index contributed by atoms with van der Waals surface area (Å²) in [7, 11) is 0. The van der Waals surface area contributed by atoms with Crippen LogP contribution >= 0.6 is 11.3 Å². The van der Waals surface area contributed by atoms with E-state index in [-0.39, 0.29) is 0 Å². The number of aliphatic carboxylic acids is 1. The van der Waals surface area contributed by atoms with E-state index in [1.807, 2.05) is 65.9 Å². The average Bonchev–Trinajstić information content (AvgIpc) is 3.25. The van der Waals surface area contributed by atoms with E-state index in [9.17, 15) is 18.0 Å². The van der Waals surface area contributed by atoms with Crippen LogP contribution in [-0.4, -0.2) is 43.7 Å². The largest absolute Gasteiger partial charge is 0.490 e. The minimum Gasteiger partial charge on any atom is -0.475 e. The van der Waals surface area contributed by atoms with Crippen LogP contribution in [-0.2, 0) is 11.3 Å². The first kappa shape index (κ1) is 24.6. The number of halogens is 3. The zero-order chi connectivity index (χ0) is 24.7. The highest BCUT2D eigenvalue weighted by Crippen LogP contribution is 2.23. The summed E-state index contributed by atoms with van der Waals surface area (Å²) in [5, 5.41) is 10.3. The van der Waals surface area contributed by atoms with Gasteiger partial charge in [-0.25, -0.2) is 14.6 Å². The number of fused-ring (bicyclic) bond motifs is 1. The molecule has 0 spiro atoms. The number of carboxylic acids is 1. The van der Waals surface area contributed by atoms with Gasteiger partial charge in [-0.1, -0.05) is 30.3 Å². The molecule has 0 fully saturated rings. The van der Waals surface area contributed by atoms with E-state index >= 15 is 0 Å². The van der Waals surface area contributed by atoms with E-state index in [2.05, 4.69) is 25.3 Å². The molecule has 2 heterocycles. The summed E-state index contributed by atoms with van der Waals surface area (Å²) >= 11 is 1.56. The number of alkyl halides is 3. The van der Waals surface area contributed by atoms with Gasteiger partial charge in [0.2, 0.25) is 11.9 Å². The number of benzene rings is 2. The van der Waals surface area contributed by atoms with Gasteiger partial charge >= 0.3 is 17.8 Å². The van der Waals surface area contributed by atoms with E-state index in [1.165, 1.54) is 0 Å². The van der Waals surface area contributed by atoms with Crippen molar-refractivity contribution in [2.24, 2.45) is 0 Å². The van der Waals surface area contributed by atoms with Crippen LogP contribution in [0.1, 0.15) is 12.5 Å². The number of carbonyl (C=O) groups is 1. The van der Waals surface area contributed by atoms with Gasteiger partial charge in [-0.3, -0.25) is 4.98 Å². The average molecular weight is 492 g/mol. The van der Waals surface area contributed by atoms with E-state index in [4.69, 9.17) is 9.90 Å². The maximum absolute atomic E-state index is 12.1. The van der Waals surface area contributed by atoms with E-state index in [0.29, 0.717) is 25.0 Å². The SMILES string of the molecule is CCN(Cc1ccccc1)c1nc(Nc2ccc3ncsc3c2)[nH]c(=O)n1.O=C(O)C(F)(F)F. The Bertz CT molecular complexity index is 1310. The Balaban J connectivity index is 0.000000406. The first-order valence-corrected chi connectivity index (χ1v) is 10.7. The number of hydrogen-bond acceptors (Lipinski definition) is 8. The number of anilines is 3. The van der Waals surface area contributed by atoms with Gasteiger partial charge in [-0.15, -0.1) is 11.3 Å². The van der Waals surface area contributed by atoms with Crippen molar-refractivity contribution in [3.63, 3.8) is 0 Å². The van der Waals surface area contributed by atoms with Crippen LogP contribution in [0.5, 0.6) is 0 Å². The zero-order valence-corrected chi connectivity index (χ0v) is 18.5. The second-order valence-corrected chi connectivity index (χ2v) is 7.65. The maximum atomic E-state index is 12.1. The third kappa shape index (κ3) is 6.75. The Kier molecular flexibility index (Phi) is 7.79. The Morgan fingerprint density at radius 3 is 2.53 bits per heavy atom. The quantitative estimate of drug-likeness (QED) is 0.366. The summed E-state index contributed by atoms with van der Waals surface area (Å²) in [5.74, 6) is -2.00. The maximum Gasteiger partial charge on any atom is 0.490 e. The zero-order valence-electron chi connectivity index (χ0n) is 17.7. The molecular formula is C21H19F3N6O3S. The molecule has 13 heteroatoms. The third-order valence-electron chi connectivity index (χ3n) is 4.36. The number of H-pyrrole nitrogens is 1. The highest BCUT2D eigenvalue weighted by atomic mass is 32.1. The van der Waals surface area contributed by atoms with Crippen molar-refractivity contribution in [2.45, 2.75) is 19.6 Å². The van der Waals surface area contributed by atoms with Gasteiger partial charge in [0.25, 0.3) is 0 Å². The second kappa shape index (κ2) is 10.7. The van der Waals surface area contributed by atoms with Gasteiger partial charge in [0.05, 0.1) is 15.7 Å². The van der Waals surface area contributed by atoms with Crippen molar-refractivity contribution in [2.75, 3.05) is 16.8 Å². The smallest absolute Gasteiger partial charge is 0.475 e. The molecule has 0 aliphatic heterocycles. The lowest BCUT2D eigenvalue weighted by atomic mass is 10.2. The van der Waals surface area contributed by atoms with E-state index in [1.54, 1.807) is 11.3 Å². The Morgan fingerprint density at radius 2 is 1.88 bits per heavy atom. The van der Waals surface area contributed by atoms with Gasteiger partial charge in [0.15, 0.2) is 0 Å². The summed E-state index contributed by atoms with van der Waals surface area (Å²) in [6.45, 7) is 3.33. The molecule has 0 aliphatic rings. The fourth-order valence-electron chi connectivity index (χ4n) is 2.77. The van der Waals surface area contributed by atoms with Crippen molar-refractivity contribution >= 4 is 45.1 Å². The summed E-state index contributed by atoms with van der Waals surface area (Å²) in [4.78, 5) is 38.4. The van der Waals surface area contributed by atoms with Crippen LogP contribution < -0.4 is 15.9 Å². The lowest BCUT2D eigenvalue weighted by Crippen LogP contribution is -2.28. The van der Waals surface area contributed by atoms with Gasteiger partial charge in [0, 0.05) is 18.8 Å². The monoisotopic (exact) mass is 492 g/mol. The molecule has 2 aromatic heterocycles. The third-order valence-corrected chi connectivity index (χ3v) is 5.15. The number of nitrogens with zero attached hydrogens (tertiary/aromatic N) is 4. The van der Waals surface area contributed by atoms with Crippen LogP contribution in [0.25, 0.3) is 10.2 Å². The highest BCUT2D eigenvalue weighted by molar-refractivity contribution is 7.16. The minimum absolute atomic E-state index is 0.361. The first-order valence-electron chi connectivity index (χ1n) is 9.83. The minimum atomic E-state index is -5.08. The highest BCUT2D eigenvalue weighted by Gasteiger charge is 2.38. The number of rotatable bonds is 6. The van der Waals surface area contributed by atoms with Crippen LogP contribution in [0.15, 0.2) is 58.8 Å². The Labute approximate surface area is 195 Å². The number of aromatic amines is 1. The van der Waals surface area contributed by atoms with E-state index in [0.717, 1.165) is 21.5 Å². The Hall–Kier alpha value is -4.00. The summed E-state index contributed by atoms with van der Waals surface area (Å²) in [6, 6.07) is 15.9. The summed E-state index contributed by atoms with van der Waals surface area (Å²) in [5.41, 5.74) is 4.28. The lowest BCUT2D eigenvalue weighted by Gasteiger charge is -2.21. The van der Waals surface area contributed by atoms with Crippen molar-refractivity contribution in [1.29, 1.82) is 0 Å². The normalized spacial score (nSPS) is 10.9. The molecule has 3 N–H and O–H groups in total. The molecule has 178 valence electrons. The molecule has 0 atom stereocenters. The Morgan fingerprint density at radius 1 is 1.18 bits per heavy atom. The molecule has 4 aromatic rings. The molecular weight excluding hydrogens is 473 g/mol. The van der Waals surface area contributed by atoms with Crippen LogP contribution in [0.3, 0.4) is 0 Å². The molecule has 0 aliphatic carbocycles. The molecule has 0 radical (unpaired) electrons. The molecule has 0 bridgehead atoms. The number of nitrogens with one attached hydrogen (secondary N) is 2. The van der Waals surface area contributed by atoms with Crippen molar-refractivity contribution in [1.82, 2.24) is 19.9 Å². The number of aromatic nitrogens is 4. The lowest BCUT2D eigenvalue weighted by molar-refractivity contribution is -0.192. The molecule has 0 saturated carbocycles. The predicted molar refractivity (Wildman–Crippen MR) is 122 cm³/mol. The van der Waals surface area contributed by atoms with Crippen molar-refractivity contribution in [3.8, 4) is 0 Å². The summed E-state index contributed by atoms with van der Waals surface area (Å²) in [6.07, 6.45) is -5.08. The molecule has 9 nitrogen and oxygen atoms in total. The second-order valence-electron chi connectivity index (χ2n) is 6.76. The van der Waals surface area contributed by atoms with Gasteiger partial charge < -0.3 is 15.3 Å². The van der Waals surface area contributed by atoms with Crippen LogP contribution in [0.2, 0.25) is 0 Å². The molecule has 0 saturated heterocycles. The topological polar surface area (TPSA) is 124 Å². The predicted octanol–water partition coefficient (Wildman–Crippen LogP) is 4.18. The number of thiazole rings is 1. The standard InChI is InChI=1S/C19H18N6OS.C2HF3O2/c1-2-25(11-13-6-4-3-5-7-13)18-22-17(23-19(26)24-18)21-14-8-9-15-16(10-14)27-12-20-15;3-2(4,5)1(6)7/h3-10,12H,2,11H2,1H3,(H2,21,22,23,24,26);(H,6,7). The fourth-order valence-corrected chi connectivity index (χ4v) is 3.49. The number of hydrogen-bond donors (Lipinski definition) is 3. The molecule has 4 rings (SSSR count). The molecule has 0 amide bonds. The van der Waals surface area contributed by atoms with Gasteiger partial charge in [0.1, 0.15) is 0 Å². The number of carboxylic acid groups (broad SMARTS) is 1. The molecule has 0 unspecified atom stereocenters. The van der Waals surface area contributed by atoms with Crippen LogP contribution in [0, 0.1) is 0 Å². The van der Waals surface area contributed by atoms with Gasteiger partial charge in [-0.05, 0) is 30.7 Å². The molecule has 2 aromatic carbocycles. The van der Waals surface area contributed by atoms with Crippen molar-refractivity contribution in [3.05, 3.63) is 70.1 Å². The van der Waals surface area contributed by atoms with E-state index < -0.39 is 17.8 Å². The van der Waals surface area contributed by atoms with Crippen LogP contribution in [0.4, 0.5) is 30.8 Å². The summed E-state index contributed by atoms with van der Waals surface area (Å²) < 4.78 is 32.8.